The molecule has 2 atom stereocenters. The minimum atomic E-state index is -0.323. The van der Waals surface area contributed by atoms with Gasteiger partial charge in [0.2, 0.25) is 0 Å². The van der Waals surface area contributed by atoms with Crippen LogP contribution in [0.1, 0.15) is 55.5 Å². The Labute approximate surface area is 235 Å². The SMILES string of the molecule is CC1=C(CC(CCc2ccc(O)cc2)C2CCN(C(=O)c3ccncc3)CC2)C(=O)N(c2ccc(F)cc2)C1C. The minimum Gasteiger partial charge on any atom is -0.508 e. The maximum atomic E-state index is 13.7. The number of aromatic hydroxyl groups is 1. The Morgan fingerprint density at radius 3 is 2.33 bits per heavy atom. The van der Waals surface area contributed by atoms with Crippen LogP contribution in [0.5, 0.6) is 5.75 Å². The highest BCUT2D eigenvalue weighted by atomic mass is 19.1. The van der Waals surface area contributed by atoms with Crippen molar-refractivity contribution >= 4 is 17.5 Å². The fraction of sp³-hybridized carbons (Fsp3) is 0.364. The molecule has 0 aliphatic carbocycles. The summed E-state index contributed by atoms with van der Waals surface area (Å²) in [7, 11) is 0. The first kappa shape index (κ1) is 27.6. The fourth-order valence-electron chi connectivity index (χ4n) is 6.16. The zero-order valence-corrected chi connectivity index (χ0v) is 23.1. The third-order valence-corrected chi connectivity index (χ3v) is 8.70. The first-order valence-corrected chi connectivity index (χ1v) is 14.1. The number of halogens is 1. The Hall–Kier alpha value is -4.00. The first-order valence-electron chi connectivity index (χ1n) is 14.1. The van der Waals surface area contributed by atoms with Gasteiger partial charge in [-0.3, -0.25) is 14.6 Å². The van der Waals surface area contributed by atoms with Gasteiger partial charge in [-0.15, -0.1) is 0 Å². The molecule has 2 aliphatic rings. The molecule has 1 N–H and O–H groups in total. The van der Waals surface area contributed by atoms with E-state index < -0.39 is 0 Å². The topological polar surface area (TPSA) is 73.7 Å². The number of hydrogen-bond acceptors (Lipinski definition) is 4. The molecule has 0 spiro atoms. The normalized spacial score (nSPS) is 18.9. The van der Waals surface area contributed by atoms with Crippen LogP contribution < -0.4 is 4.90 Å². The van der Waals surface area contributed by atoms with Crippen LogP contribution in [0.4, 0.5) is 10.1 Å². The standard InChI is InChI=1S/C33H36FN3O3/c1-22-23(2)37(29-9-7-28(34)8-10-29)33(40)31(22)21-27(6-3-24-4-11-30(38)12-5-24)25-15-19-36(20-16-25)32(39)26-13-17-35-18-14-26/h4-5,7-14,17-18,23,25,27,38H,3,6,15-16,19-21H2,1-2H3. The van der Waals surface area contributed by atoms with E-state index in [1.54, 1.807) is 53.7 Å². The third-order valence-electron chi connectivity index (χ3n) is 8.70. The van der Waals surface area contributed by atoms with Gasteiger partial charge in [-0.2, -0.15) is 0 Å². The Morgan fingerprint density at radius 2 is 1.68 bits per heavy atom. The Bertz CT molecular complexity index is 1360. The van der Waals surface area contributed by atoms with Crippen molar-refractivity contribution in [2.75, 3.05) is 18.0 Å². The van der Waals surface area contributed by atoms with E-state index in [0.29, 0.717) is 36.7 Å². The molecule has 2 aromatic carbocycles. The van der Waals surface area contributed by atoms with Gasteiger partial charge in [0.05, 0.1) is 6.04 Å². The average Bonchev–Trinajstić information content (AvgIpc) is 3.19. The molecule has 5 rings (SSSR count). The summed E-state index contributed by atoms with van der Waals surface area (Å²) in [4.78, 5) is 34.4. The predicted octanol–water partition coefficient (Wildman–Crippen LogP) is 6.17. The van der Waals surface area contributed by atoms with Crippen molar-refractivity contribution in [2.45, 2.75) is 52.0 Å². The lowest BCUT2D eigenvalue weighted by atomic mass is 9.77. The molecule has 3 aromatic rings. The number of nitrogens with zero attached hydrogens (tertiary/aromatic N) is 3. The maximum Gasteiger partial charge on any atom is 0.254 e. The van der Waals surface area contributed by atoms with Crippen molar-refractivity contribution in [3.63, 3.8) is 0 Å². The predicted molar refractivity (Wildman–Crippen MR) is 153 cm³/mol. The number of carbonyl (C=O) groups excluding carboxylic acids is 2. The Kier molecular flexibility index (Phi) is 8.29. The number of pyridine rings is 1. The van der Waals surface area contributed by atoms with Gasteiger partial charge in [-0.05, 0) is 117 Å². The molecule has 1 aromatic heterocycles. The van der Waals surface area contributed by atoms with E-state index in [-0.39, 0.29) is 35.3 Å². The van der Waals surface area contributed by atoms with Crippen molar-refractivity contribution in [3.05, 3.63) is 101 Å². The maximum absolute atomic E-state index is 13.7. The summed E-state index contributed by atoms with van der Waals surface area (Å²) in [5, 5.41) is 9.69. The van der Waals surface area contributed by atoms with E-state index in [9.17, 15) is 19.1 Å². The lowest BCUT2D eigenvalue weighted by Crippen LogP contribution is -2.40. The van der Waals surface area contributed by atoms with Gasteiger partial charge in [0.25, 0.3) is 11.8 Å². The zero-order valence-electron chi connectivity index (χ0n) is 23.1. The van der Waals surface area contributed by atoms with Crippen molar-refractivity contribution in [3.8, 4) is 5.75 Å². The number of amides is 2. The van der Waals surface area contributed by atoms with Gasteiger partial charge in [-0.25, -0.2) is 4.39 Å². The van der Waals surface area contributed by atoms with Crippen LogP contribution in [-0.2, 0) is 11.2 Å². The van der Waals surface area contributed by atoms with Crippen molar-refractivity contribution in [1.29, 1.82) is 0 Å². The highest BCUT2D eigenvalue weighted by Gasteiger charge is 2.38. The van der Waals surface area contributed by atoms with Crippen LogP contribution in [-0.4, -0.2) is 45.9 Å². The number of likely N-dealkylation sites (tertiary alicyclic amines) is 1. The van der Waals surface area contributed by atoms with Crippen molar-refractivity contribution in [2.24, 2.45) is 11.8 Å². The molecule has 40 heavy (non-hydrogen) atoms. The molecule has 1 fully saturated rings. The molecule has 2 amide bonds. The van der Waals surface area contributed by atoms with Gasteiger partial charge in [0.15, 0.2) is 0 Å². The summed E-state index contributed by atoms with van der Waals surface area (Å²) in [5.41, 5.74) is 4.43. The average molecular weight is 542 g/mol. The van der Waals surface area contributed by atoms with E-state index in [1.165, 1.54) is 12.1 Å². The van der Waals surface area contributed by atoms with Gasteiger partial charge in [0.1, 0.15) is 11.6 Å². The quantitative estimate of drug-likeness (QED) is 0.370. The largest absolute Gasteiger partial charge is 0.508 e. The molecule has 1 saturated heterocycles. The van der Waals surface area contributed by atoms with E-state index in [1.807, 2.05) is 30.9 Å². The number of hydrogen-bond donors (Lipinski definition) is 1. The zero-order chi connectivity index (χ0) is 28.2. The molecule has 2 unspecified atom stereocenters. The monoisotopic (exact) mass is 541 g/mol. The molecule has 208 valence electrons. The number of piperidine rings is 1. The second-order valence-corrected chi connectivity index (χ2v) is 11.0. The summed E-state index contributed by atoms with van der Waals surface area (Å²) in [6, 6.07) is 16.9. The number of anilines is 1. The lowest BCUT2D eigenvalue weighted by Gasteiger charge is -2.36. The minimum absolute atomic E-state index is 0.00320. The molecule has 0 radical (unpaired) electrons. The molecule has 6 nitrogen and oxygen atoms in total. The van der Waals surface area contributed by atoms with E-state index in [2.05, 4.69) is 4.98 Å². The number of aromatic nitrogens is 1. The molecule has 0 bridgehead atoms. The molecule has 7 heteroatoms. The molecule has 0 saturated carbocycles. The summed E-state index contributed by atoms with van der Waals surface area (Å²) in [5.74, 6) is 0.601. The van der Waals surface area contributed by atoms with Crippen LogP contribution >= 0.6 is 0 Å². The number of aryl methyl sites for hydroxylation is 1. The summed E-state index contributed by atoms with van der Waals surface area (Å²) in [6.07, 6.45) is 7.48. The number of phenolic OH excluding ortho intramolecular Hbond substituents is 1. The van der Waals surface area contributed by atoms with E-state index in [0.717, 1.165) is 42.4 Å². The number of rotatable bonds is 8. The molecular weight excluding hydrogens is 505 g/mol. The van der Waals surface area contributed by atoms with Crippen molar-refractivity contribution in [1.82, 2.24) is 9.88 Å². The first-order chi connectivity index (χ1) is 19.3. The summed E-state index contributed by atoms with van der Waals surface area (Å²) in [6.45, 7) is 5.43. The van der Waals surface area contributed by atoms with Gasteiger partial charge >= 0.3 is 0 Å². The van der Waals surface area contributed by atoms with Gasteiger partial charge in [0, 0.05) is 42.3 Å². The number of phenols is 1. The highest BCUT2D eigenvalue weighted by Crippen LogP contribution is 2.39. The smallest absolute Gasteiger partial charge is 0.254 e. The van der Waals surface area contributed by atoms with Crippen LogP contribution in [0.2, 0.25) is 0 Å². The Balaban J connectivity index is 1.32. The highest BCUT2D eigenvalue weighted by molar-refractivity contribution is 6.10. The lowest BCUT2D eigenvalue weighted by molar-refractivity contribution is -0.115. The fourth-order valence-corrected chi connectivity index (χ4v) is 6.16. The molecule has 2 aliphatic heterocycles. The van der Waals surface area contributed by atoms with E-state index >= 15 is 0 Å². The van der Waals surface area contributed by atoms with Crippen LogP contribution in [0.15, 0.2) is 84.2 Å². The third kappa shape index (κ3) is 5.93. The van der Waals surface area contributed by atoms with Gasteiger partial charge < -0.3 is 14.9 Å². The van der Waals surface area contributed by atoms with Crippen LogP contribution in [0.3, 0.4) is 0 Å². The number of benzene rings is 2. The van der Waals surface area contributed by atoms with Crippen molar-refractivity contribution < 1.29 is 19.1 Å². The molecular formula is C33H36FN3O3. The summed E-state index contributed by atoms with van der Waals surface area (Å²) >= 11 is 0. The summed E-state index contributed by atoms with van der Waals surface area (Å²) < 4.78 is 13.6. The second kappa shape index (κ2) is 12.0. The second-order valence-electron chi connectivity index (χ2n) is 11.0. The van der Waals surface area contributed by atoms with Crippen LogP contribution in [0.25, 0.3) is 0 Å². The van der Waals surface area contributed by atoms with Crippen LogP contribution in [0, 0.1) is 17.7 Å². The number of carbonyl (C=O) groups is 2. The van der Waals surface area contributed by atoms with Gasteiger partial charge in [-0.1, -0.05) is 12.1 Å². The molecule has 3 heterocycles. The Morgan fingerprint density at radius 1 is 1.02 bits per heavy atom. The van der Waals surface area contributed by atoms with E-state index in [4.69, 9.17) is 0 Å².